The lowest BCUT2D eigenvalue weighted by Crippen LogP contribution is -2.71. The number of tetrazole rings is 1. The predicted molar refractivity (Wildman–Crippen MR) is 174 cm³/mol. The Balaban J connectivity index is 1.36. The molecule has 48 heavy (non-hydrogen) atoms. The minimum absolute atomic E-state index is 0.167. The summed E-state index contributed by atoms with van der Waals surface area (Å²) in [6.45, 7) is 3.73. The number of hydrogen-bond donors (Lipinski definition) is 4. The van der Waals surface area contributed by atoms with Gasteiger partial charge in [0.05, 0.1) is 10.5 Å². The van der Waals surface area contributed by atoms with Gasteiger partial charge in [0.25, 0.3) is 11.8 Å². The van der Waals surface area contributed by atoms with Gasteiger partial charge in [-0.3, -0.25) is 19.3 Å². The van der Waals surface area contributed by atoms with E-state index >= 15 is 0 Å². The summed E-state index contributed by atoms with van der Waals surface area (Å²) in [6.07, 6.45) is 0. The number of carboxylic acids is 1. The fraction of sp³-hybridized carbons (Fsp3) is 0.345. The van der Waals surface area contributed by atoms with Crippen LogP contribution in [0.4, 0.5) is 0 Å². The number of benzene rings is 2. The number of aromatic nitrogens is 4. The number of carbonyl (C=O) groups excluding carboxylic acids is 3. The number of rotatable bonds is 13. The third-order valence-electron chi connectivity index (χ3n) is 7.73. The fourth-order valence-electron chi connectivity index (χ4n) is 5.25. The summed E-state index contributed by atoms with van der Waals surface area (Å²) in [5.74, 6) is -3.63. The van der Waals surface area contributed by atoms with E-state index in [2.05, 4.69) is 26.2 Å². The molecule has 5 rings (SSSR count). The van der Waals surface area contributed by atoms with Crippen LogP contribution in [-0.4, -0.2) is 108 Å². The number of nitrogens with one attached hydrogen (secondary N) is 2. The number of fused-ring (bicyclic) bond motifs is 1. The number of aryl methyl sites for hydroxylation is 1. The molecule has 2 aliphatic heterocycles. The second kappa shape index (κ2) is 14.3. The highest BCUT2D eigenvalue weighted by Gasteiger charge is 2.54. The van der Waals surface area contributed by atoms with E-state index in [-0.39, 0.29) is 40.8 Å². The van der Waals surface area contributed by atoms with Crippen molar-refractivity contribution in [3.8, 4) is 5.75 Å². The van der Waals surface area contributed by atoms with Crippen molar-refractivity contribution in [2.75, 3.05) is 24.6 Å². The number of aliphatic carboxylic acids is 1. The highest BCUT2D eigenvalue weighted by molar-refractivity contribution is 8.01. The largest absolute Gasteiger partial charge is 0.507 e. The Kier molecular flexibility index (Phi) is 10.4. The van der Waals surface area contributed by atoms with Crippen LogP contribution in [0.15, 0.2) is 69.9 Å². The molecule has 3 aromatic rings. The van der Waals surface area contributed by atoms with Gasteiger partial charge in [-0.15, -0.1) is 16.9 Å². The molecule has 19 heteroatoms. The molecule has 4 N–H and O–H groups in total. The molecule has 0 spiro atoms. The number of carbonyl (C=O) groups is 4. The zero-order chi connectivity index (χ0) is 34.7. The van der Waals surface area contributed by atoms with E-state index in [1.165, 1.54) is 38.6 Å². The highest BCUT2D eigenvalue weighted by atomic mass is 32.2. The van der Waals surface area contributed by atoms with Gasteiger partial charge in [-0.05, 0) is 39.8 Å². The SMILES string of the molecule is CCN(CC)S(=O)(=O)c1ccc(O)c(C(=O)N[C@H](C(=O)NC2C(=O)N3C(C(=O)O)=C(CSc4nnnn4C)CS[C@@H]23)c2ccccc2)c1. The molecule has 2 aliphatic rings. The van der Waals surface area contributed by atoms with E-state index in [0.29, 0.717) is 16.3 Å². The van der Waals surface area contributed by atoms with E-state index < -0.39 is 56.9 Å². The quantitative estimate of drug-likeness (QED) is 0.143. The molecular weight excluding hydrogens is 685 g/mol. The van der Waals surface area contributed by atoms with Crippen molar-refractivity contribution in [2.45, 2.75) is 41.4 Å². The number of thioether (sulfide) groups is 2. The Labute approximate surface area is 284 Å². The minimum atomic E-state index is -3.97. The second-order valence-electron chi connectivity index (χ2n) is 10.6. The van der Waals surface area contributed by atoms with Crippen molar-refractivity contribution in [3.63, 3.8) is 0 Å². The summed E-state index contributed by atoms with van der Waals surface area (Å²) in [7, 11) is -2.32. The fourth-order valence-corrected chi connectivity index (χ4v) is 9.07. The third kappa shape index (κ3) is 6.75. The predicted octanol–water partition coefficient (Wildman–Crippen LogP) is 0.948. The summed E-state index contributed by atoms with van der Waals surface area (Å²) < 4.78 is 28.8. The summed E-state index contributed by atoms with van der Waals surface area (Å²) >= 11 is 2.51. The van der Waals surface area contributed by atoms with Gasteiger partial charge in [0.2, 0.25) is 21.1 Å². The molecule has 254 valence electrons. The number of phenolic OH excluding ortho intramolecular Hbond substituents is 1. The molecule has 0 saturated carbocycles. The third-order valence-corrected chi connectivity index (χ3v) is 12.2. The summed E-state index contributed by atoms with van der Waals surface area (Å²) in [5.41, 5.74) is 0.303. The van der Waals surface area contributed by atoms with Gasteiger partial charge in [0, 0.05) is 31.6 Å². The zero-order valence-corrected chi connectivity index (χ0v) is 28.4. The van der Waals surface area contributed by atoms with E-state index in [1.54, 1.807) is 51.2 Å². The standard InChI is InChI=1S/C29H32N8O8S3/c1-4-36(5-2)48(44,45)18-11-12-20(38)19(13-18)24(39)30-21(16-9-7-6-8-10-16)25(40)31-22-26(41)37-23(28(42)43)17(14-46-27(22)37)15-47-29-32-33-34-35(29)3/h6-13,21-22,27,38H,4-5,14-15H2,1-3H3,(H,30,39)(H,31,40)(H,42,43)/t21-,22?,27-/m0/s1. The van der Waals surface area contributed by atoms with Crippen LogP contribution in [0.5, 0.6) is 5.75 Å². The van der Waals surface area contributed by atoms with Crippen molar-refractivity contribution < 1.29 is 37.8 Å². The van der Waals surface area contributed by atoms with Crippen LogP contribution in [0, 0.1) is 0 Å². The Hall–Kier alpha value is -4.46. The maximum Gasteiger partial charge on any atom is 0.352 e. The number of β-lactam (4-membered cyclic amide) rings is 1. The number of aromatic hydroxyl groups is 1. The van der Waals surface area contributed by atoms with Crippen LogP contribution in [-0.2, 0) is 31.5 Å². The average Bonchev–Trinajstić information content (AvgIpc) is 3.49. The van der Waals surface area contributed by atoms with Gasteiger partial charge in [-0.25, -0.2) is 17.9 Å². The van der Waals surface area contributed by atoms with Crippen LogP contribution >= 0.6 is 23.5 Å². The molecule has 2 aromatic carbocycles. The first-order valence-corrected chi connectivity index (χ1v) is 18.1. The molecule has 1 unspecified atom stereocenters. The van der Waals surface area contributed by atoms with Gasteiger partial charge in [0.15, 0.2) is 0 Å². The molecule has 0 radical (unpaired) electrons. The number of carboxylic acid groups (broad SMARTS) is 1. The van der Waals surface area contributed by atoms with Gasteiger partial charge >= 0.3 is 5.97 Å². The zero-order valence-electron chi connectivity index (χ0n) is 25.9. The molecule has 1 saturated heterocycles. The number of phenols is 1. The van der Waals surface area contributed by atoms with Crippen molar-refractivity contribution in [1.29, 1.82) is 0 Å². The molecular formula is C29H32N8O8S3. The summed E-state index contributed by atoms with van der Waals surface area (Å²) in [5, 5.41) is 36.7. The van der Waals surface area contributed by atoms with Crippen LogP contribution in [0.25, 0.3) is 0 Å². The summed E-state index contributed by atoms with van der Waals surface area (Å²) in [6, 6.07) is 9.02. The Morgan fingerprint density at radius 3 is 2.48 bits per heavy atom. The number of amides is 3. The maximum absolute atomic E-state index is 13.7. The molecule has 1 aromatic heterocycles. The molecule has 16 nitrogen and oxygen atoms in total. The molecule has 3 amide bonds. The van der Waals surface area contributed by atoms with Gasteiger partial charge in [-0.1, -0.05) is 55.9 Å². The van der Waals surface area contributed by atoms with E-state index in [1.807, 2.05) is 0 Å². The van der Waals surface area contributed by atoms with Gasteiger partial charge in [-0.2, -0.15) is 4.31 Å². The maximum atomic E-state index is 13.7. The normalized spacial score (nSPS) is 18.2. The molecule has 3 heterocycles. The molecule has 3 atom stereocenters. The van der Waals surface area contributed by atoms with Crippen LogP contribution < -0.4 is 10.6 Å². The molecule has 0 aliphatic carbocycles. The number of sulfonamides is 1. The van der Waals surface area contributed by atoms with E-state index in [9.17, 15) is 37.8 Å². The van der Waals surface area contributed by atoms with Crippen LogP contribution in [0.2, 0.25) is 0 Å². The second-order valence-corrected chi connectivity index (χ2v) is 14.6. The lowest BCUT2D eigenvalue weighted by atomic mass is 10.0. The van der Waals surface area contributed by atoms with Crippen LogP contribution in [0.3, 0.4) is 0 Å². The van der Waals surface area contributed by atoms with Crippen molar-refractivity contribution in [1.82, 2.24) is 40.0 Å². The van der Waals surface area contributed by atoms with Gasteiger partial charge in [0.1, 0.15) is 28.9 Å². The summed E-state index contributed by atoms with van der Waals surface area (Å²) in [4.78, 5) is 53.8. The van der Waals surface area contributed by atoms with Crippen molar-refractivity contribution in [3.05, 3.63) is 70.9 Å². The first-order valence-electron chi connectivity index (χ1n) is 14.6. The molecule has 1 fully saturated rings. The average molecular weight is 717 g/mol. The minimum Gasteiger partial charge on any atom is -0.507 e. The van der Waals surface area contributed by atoms with E-state index in [4.69, 9.17) is 0 Å². The number of hydrogen-bond acceptors (Lipinski definition) is 12. The smallest absolute Gasteiger partial charge is 0.352 e. The molecule has 0 bridgehead atoms. The lowest BCUT2D eigenvalue weighted by Gasteiger charge is -2.49. The highest BCUT2D eigenvalue weighted by Crippen LogP contribution is 2.41. The Bertz CT molecular complexity index is 1880. The monoisotopic (exact) mass is 716 g/mol. The Morgan fingerprint density at radius 1 is 1.15 bits per heavy atom. The van der Waals surface area contributed by atoms with Crippen molar-refractivity contribution >= 4 is 57.2 Å². The lowest BCUT2D eigenvalue weighted by molar-refractivity contribution is -0.151. The topological polar surface area (TPSA) is 217 Å². The first kappa shape index (κ1) is 34.9. The van der Waals surface area contributed by atoms with Crippen molar-refractivity contribution in [2.24, 2.45) is 7.05 Å². The van der Waals surface area contributed by atoms with Crippen LogP contribution in [0.1, 0.15) is 35.8 Å². The Morgan fingerprint density at radius 2 is 1.85 bits per heavy atom. The first-order chi connectivity index (χ1) is 22.9. The van der Waals surface area contributed by atoms with Gasteiger partial charge < -0.3 is 20.8 Å². The number of nitrogens with zero attached hydrogens (tertiary/aromatic N) is 6. The van der Waals surface area contributed by atoms with E-state index in [0.717, 1.165) is 17.0 Å².